The first-order valence-electron chi connectivity index (χ1n) is 7.87. The third-order valence-electron chi connectivity index (χ3n) is 4.12. The smallest absolute Gasteiger partial charge is 0.167 e. The maximum atomic E-state index is 10.2. The predicted octanol–water partition coefficient (Wildman–Crippen LogP) is -1.21. The Kier molecular flexibility index (Phi) is 5.25. The molecule has 0 aromatic carbocycles. The highest BCUT2D eigenvalue weighted by molar-refractivity contribution is 5.82. The van der Waals surface area contributed by atoms with Gasteiger partial charge in [-0.25, -0.2) is 15.0 Å². The van der Waals surface area contributed by atoms with Gasteiger partial charge in [-0.15, -0.1) is 0 Å². The number of aromatic nitrogens is 4. The summed E-state index contributed by atoms with van der Waals surface area (Å²) in [4.78, 5) is 12.6. The van der Waals surface area contributed by atoms with E-state index in [0.717, 1.165) is 5.57 Å². The molecule has 10 nitrogen and oxygen atoms in total. The van der Waals surface area contributed by atoms with Crippen LogP contribution < -0.4 is 5.32 Å². The number of rotatable bonds is 6. The summed E-state index contributed by atoms with van der Waals surface area (Å²) in [6, 6.07) is 0. The van der Waals surface area contributed by atoms with E-state index in [4.69, 9.17) is 9.84 Å². The standard InChI is InChI=1S/C15H21N5O5/c1-8(4-21)2-3-16-13-10-14(18-6-17-13)20(7-19-10)15-12(24)11(23)9(5-22)25-15/h2,6-7,9,11-12,15,21-24H,3-5H2,1H3,(H,16,17,18)/b8-2-/t9-,11-,12-,15+/m1/s1. The molecule has 3 rings (SSSR count). The number of aliphatic hydroxyl groups is 4. The van der Waals surface area contributed by atoms with Gasteiger partial charge >= 0.3 is 0 Å². The van der Waals surface area contributed by atoms with Crippen molar-refractivity contribution in [1.29, 1.82) is 0 Å². The molecule has 5 N–H and O–H groups in total. The summed E-state index contributed by atoms with van der Waals surface area (Å²) in [6.07, 6.45) is 0.443. The predicted molar refractivity (Wildman–Crippen MR) is 87.7 cm³/mol. The molecule has 0 radical (unpaired) electrons. The summed E-state index contributed by atoms with van der Waals surface area (Å²) in [5.74, 6) is 0.498. The number of ether oxygens (including phenoxy) is 1. The van der Waals surface area contributed by atoms with Gasteiger partial charge in [-0.3, -0.25) is 4.57 Å². The topological polar surface area (TPSA) is 146 Å². The molecule has 0 bridgehead atoms. The normalized spacial score (nSPS) is 27.2. The van der Waals surface area contributed by atoms with Gasteiger partial charge in [0.05, 0.1) is 19.5 Å². The Morgan fingerprint density at radius 3 is 2.76 bits per heavy atom. The fourth-order valence-electron chi connectivity index (χ4n) is 2.66. The second kappa shape index (κ2) is 7.42. The summed E-state index contributed by atoms with van der Waals surface area (Å²) in [5.41, 5.74) is 1.74. The van der Waals surface area contributed by atoms with Gasteiger partial charge in [-0.05, 0) is 6.92 Å². The average molecular weight is 351 g/mol. The Morgan fingerprint density at radius 1 is 1.28 bits per heavy atom. The van der Waals surface area contributed by atoms with E-state index < -0.39 is 31.1 Å². The van der Waals surface area contributed by atoms with E-state index in [1.165, 1.54) is 17.2 Å². The van der Waals surface area contributed by atoms with Crippen LogP contribution in [0.25, 0.3) is 11.2 Å². The Labute approximate surface area is 143 Å². The van der Waals surface area contributed by atoms with E-state index in [0.29, 0.717) is 23.5 Å². The number of aliphatic hydroxyl groups excluding tert-OH is 4. The maximum absolute atomic E-state index is 10.2. The average Bonchev–Trinajstić information content (AvgIpc) is 3.17. The Bertz CT molecular complexity index is 764. The quantitative estimate of drug-likeness (QED) is 0.404. The third-order valence-corrected chi connectivity index (χ3v) is 4.12. The zero-order valence-electron chi connectivity index (χ0n) is 13.6. The molecular weight excluding hydrogens is 330 g/mol. The van der Waals surface area contributed by atoms with E-state index >= 15 is 0 Å². The maximum Gasteiger partial charge on any atom is 0.167 e. The zero-order valence-corrected chi connectivity index (χ0v) is 13.6. The third kappa shape index (κ3) is 3.34. The van der Waals surface area contributed by atoms with Crippen LogP contribution in [0.1, 0.15) is 13.2 Å². The first-order chi connectivity index (χ1) is 12.1. The van der Waals surface area contributed by atoms with E-state index in [1.54, 1.807) is 0 Å². The van der Waals surface area contributed by atoms with Gasteiger partial charge in [0.15, 0.2) is 23.2 Å². The van der Waals surface area contributed by atoms with Crippen LogP contribution in [0.4, 0.5) is 5.82 Å². The SMILES string of the molecule is C/C(=C/CNc1ncnc2c1ncn2[C@H]1O[C@H](CO)[C@@H](O)[C@H]1O)CO. The Balaban J connectivity index is 1.86. The number of nitrogens with one attached hydrogen (secondary N) is 1. The highest BCUT2D eigenvalue weighted by atomic mass is 16.6. The van der Waals surface area contributed by atoms with Crippen LogP contribution >= 0.6 is 0 Å². The molecule has 0 spiro atoms. The number of anilines is 1. The first-order valence-corrected chi connectivity index (χ1v) is 7.87. The van der Waals surface area contributed by atoms with Crippen molar-refractivity contribution in [1.82, 2.24) is 19.5 Å². The molecule has 2 aromatic heterocycles. The van der Waals surface area contributed by atoms with Crippen LogP contribution in [-0.4, -0.2) is 78.0 Å². The molecule has 25 heavy (non-hydrogen) atoms. The minimum absolute atomic E-state index is 0.0131. The lowest BCUT2D eigenvalue weighted by Gasteiger charge is -2.16. The first kappa shape index (κ1) is 17.7. The van der Waals surface area contributed by atoms with Crippen molar-refractivity contribution in [2.75, 3.05) is 25.1 Å². The van der Waals surface area contributed by atoms with Crippen molar-refractivity contribution in [2.24, 2.45) is 0 Å². The highest BCUT2D eigenvalue weighted by Gasteiger charge is 2.44. The minimum Gasteiger partial charge on any atom is -0.394 e. The van der Waals surface area contributed by atoms with Crippen molar-refractivity contribution >= 4 is 17.0 Å². The fourth-order valence-corrected chi connectivity index (χ4v) is 2.66. The van der Waals surface area contributed by atoms with Crippen LogP contribution in [0, 0.1) is 0 Å². The summed E-state index contributed by atoms with van der Waals surface area (Å²) < 4.78 is 7.01. The Morgan fingerprint density at radius 2 is 2.08 bits per heavy atom. The van der Waals surface area contributed by atoms with Gasteiger partial charge in [-0.1, -0.05) is 11.6 Å². The number of fused-ring (bicyclic) bond motifs is 1. The second-order valence-corrected chi connectivity index (χ2v) is 5.86. The monoisotopic (exact) mass is 351 g/mol. The van der Waals surface area contributed by atoms with Crippen molar-refractivity contribution in [3.05, 3.63) is 24.3 Å². The van der Waals surface area contributed by atoms with Gasteiger partial charge in [0.1, 0.15) is 24.6 Å². The molecule has 1 aliphatic heterocycles. The molecule has 2 aromatic rings. The van der Waals surface area contributed by atoms with Crippen LogP contribution in [0.5, 0.6) is 0 Å². The number of nitrogens with zero attached hydrogens (tertiary/aromatic N) is 4. The molecule has 1 saturated heterocycles. The lowest BCUT2D eigenvalue weighted by atomic mass is 10.1. The number of hydrogen-bond donors (Lipinski definition) is 5. The number of imidazole rings is 1. The van der Waals surface area contributed by atoms with E-state index in [9.17, 15) is 15.3 Å². The minimum atomic E-state index is -1.21. The molecule has 10 heteroatoms. The number of hydrogen-bond acceptors (Lipinski definition) is 9. The molecule has 0 saturated carbocycles. The van der Waals surface area contributed by atoms with Crippen LogP contribution in [-0.2, 0) is 4.74 Å². The van der Waals surface area contributed by atoms with E-state index in [2.05, 4.69) is 20.3 Å². The summed E-state index contributed by atoms with van der Waals surface area (Å²) in [5, 5.41) is 41.4. The molecule has 1 fully saturated rings. The van der Waals surface area contributed by atoms with Crippen molar-refractivity contribution in [3.8, 4) is 0 Å². The largest absolute Gasteiger partial charge is 0.394 e. The molecular formula is C15H21N5O5. The Hall–Kier alpha value is -2.11. The molecule has 0 amide bonds. The summed E-state index contributed by atoms with van der Waals surface area (Å²) in [6.45, 7) is 1.85. The van der Waals surface area contributed by atoms with Crippen molar-refractivity contribution in [2.45, 2.75) is 31.5 Å². The molecule has 0 unspecified atom stereocenters. The van der Waals surface area contributed by atoms with Crippen LogP contribution in [0.15, 0.2) is 24.3 Å². The van der Waals surface area contributed by atoms with E-state index in [-0.39, 0.29) is 6.61 Å². The van der Waals surface area contributed by atoms with Crippen molar-refractivity contribution in [3.63, 3.8) is 0 Å². The van der Waals surface area contributed by atoms with Gasteiger partial charge in [0, 0.05) is 6.54 Å². The summed E-state index contributed by atoms with van der Waals surface area (Å²) in [7, 11) is 0. The molecule has 136 valence electrons. The van der Waals surface area contributed by atoms with Crippen LogP contribution in [0.3, 0.4) is 0 Å². The second-order valence-electron chi connectivity index (χ2n) is 5.86. The zero-order chi connectivity index (χ0) is 18.0. The molecule has 0 aliphatic carbocycles. The molecule has 4 atom stereocenters. The van der Waals surface area contributed by atoms with Gasteiger partial charge in [0.2, 0.25) is 0 Å². The van der Waals surface area contributed by atoms with Gasteiger partial charge in [0.25, 0.3) is 0 Å². The van der Waals surface area contributed by atoms with Gasteiger partial charge < -0.3 is 30.5 Å². The highest BCUT2D eigenvalue weighted by Crippen LogP contribution is 2.31. The van der Waals surface area contributed by atoms with Crippen LogP contribution in [0.2, 0.25) is 0 Å². The van der Waals surface area contributed by atoms with Crippen molar-refractivity contribution < 1.29 is 25.2 Å². The lowest BCUT2D eigenvalue weighted by molar-refractivity contribution is -0.0511. The van der Waals surface area contributed by atoms with E-state index in [1.807, 2.05) is 13.0 Å². The fraction of sp³-hybridized carbons (Fsp3) is 0.533. The van der Waals surface area contributed by atoms with Gasteiger partial charge in [-0.2, -0.15) is 0 Å². The summed E-state index contributed by atoms with van der Waals surface area (Å²) >= 11 is 0. The molecule has 3 heterocycles. The molecule has 1 aliphatic rings. The lowest BCUT2D eigenvalue weighted by Crippen LogP contribution is -2.33.